The molecule has 1 heteroatoms. The Hall–Kier alpha value is -0.460. The van der Waals surface area contributed by atoms with Crippen molar-refractivity contribution in [3.05, 3.63) is 11.8 Å². The molecule has 0 aliphatic heterocycles. The molecule has 54 valence electrons. The molecule has 1 atom stereocenters. The fourth-order valence-corrected chi connectivity index (χ4v) is 0.673. The zero-order valence-corrected chi connectivity index (χ0v) is 6.65. The summed E-state index contributed by atoms with van der Waals surface area (Å²) in [6.07, 6.45) is 4.28. The molecule has 0 saturated heterocycles. The van der Waals surface area contributed by atoms with Crippen molar-refractivity contribution in [2.45, 2.75) is 33.6 Å². The largest absolute Gasteiger partial charge is 0.402 e. The van der Waals surface area contributed by atoms with E-state index in [0.29, 0.717) is 5.92 Å². The van der Waals surface area contributed by atoms with E-state index in [4.69, 9.17) is 5.73 Å². The van der Waals surface area contributed by atoms with Crippen molar-refractivity contribution >= 4 is 0 Å². The maximum Gasteiger partial charge on any atom is 0.00685 e. The smallest absolute Gasteiger partial charge is 0.00685 e. The maximum absolute atomic E-state index is 5.70. The van der Waals surface area contributed by atoms with Gasteiger partial charge in [-0.2, -0.15) is 0 Å². The van der Waals surface area contributed by atoms with Crippen LogP contribution in [0.15, 0.2) is 11.8 Å². The van der Waals surface area contributed by atoms with Gasteiger partial charge in [0.15, 0.2) is 0 Å². The predicted molar refractivity (Wildman–Crippen MR) is 42.0 cm³/mol. The van der Waals surface area contributed by atoms with E-state index in [2.05, 4.69) is 26.8 Å². The molecule has 0 fully saturated rings. The fraction of sp³-hybridized carbons (Fsp3) is 0.750. The monoisotopic (exact) mass is 127 g/mol. The Balaban J connectivity index is 3.70. The van der Waals surface area contributed by atoms with Crippen LogP contribution in [0.25, 0.3) is 0 Å². The highest BCUT2D eigenvalue weighted by molar-refractivity contribution is 4.99. The standard InChI is InChI=1S/C8H17N/c1-4-6-8(9)7(3)5-2/h6-7H,4-5,9H2,1-3H3/b8-6+/t7-/m1/s1. The lowest BCUT2D eigenvalue weighted by Crippen LogP contribution is -2.06. The summed E-state index contributed by atoms with van der Waals surface area (Å²) in [5.74, 6) is 0.560. The highest BCUT2D eigenvalue weighted by atomic mass is 14.6. The normalized spacial score (nSPS) is 15.7. The highest BCUT2D eigenvalue weighted by Gasteiger charge is 1.98. The van der Waals surface area contributed by atoms with E-state index in [1.54, 1.807) is 0 Å². The Morgan fingerprint density at radius 3 is 2.44 bits per heavy atom. The number of hydrogen-bond donors (Lipinski definition) is 1. The zero-order chi connectivity index (χ0) is 7.28. The van der Waals surface area contributed by atoms with Crippen LogP contribution in [0.4, 0.5) is 0 Å². The van der Waals surface area contributed by atoms with Gasteiger partial charge in [-0.3, -0.25) is 0 Å². The lowest BCUT2D eigenvalue weighted by molar-refractivity contribution is 0.644. The number of allylic oxidation sites excluding steroid dienone is 2. The van der Waals surface area contributed by atoms with Crippen LogP contribution in [-0.4, -0.2) is 0 Å². The van der Waals surface area contributed by atoms with E-state index in [1.807, 2.05) is 0 Å². The van der Waals surface area contributed by atoms with Gasteiger partial charge in [0.25, 0.3) is 0 Å². The van der Waals surface area contributed by atoms with E-state index in [1.165, 1.54) is 0 Å². The van der Waals surface area contributed by atoms with Crippen LogP contribution in [-0.2, 0) is 0 Å². The van der Waals surface area contributed by atoms with Crippen LogP contribution in [0.1, 0.15) is 33.6 Å². The van der Waals surface area contributed by atoms with Crippen molar-refractivity contribution in [1.29, 1.82) is 0 Å². The van der Waals surface area contributed by atoms with Gasteiger partial charge < -0.3 is 5.73 Å². The SMILES string of the molecule is CC/C=C(/N)[C@H](C)CC. The number of rotatable bonds is 3. The molecule has 0 aromatic rings. The van der Waals surface area contributed by atoms with Gasteiger partial charge in [0, 0.05) is 5.70 Å². The predicted octanol–water partition coefficient (Wildman–Crippen LogP) is 2.29. The van der Waals surface area contributed by atoms with Crippen molar-refractivity contribution in [3.8, 4) is 0 Å². The summed E-state index contributed by atoms with van der Waals surface area (Å²) in [6, 6.07) is 0. The molecule has 0 unspecified atom stereocenters. The van der Waals surface area contributed by atoms with Crippen LogP contribution in [0, 0.1) is 5.92 Å². The minimum absolute atomic E-state index is 0.560. The van der Waals surface area contributed by atoms with Gasteiger partial charge >= 0.3 is 0 Å². The Morgan fingerprint density at radius 2 is 2.11 bits per heavy atom. The molecule has 1 nitrogen and oxygen atoms in total. The second-order valence-electron chi connectivity index (χ2n) is 2.42. The minimum Gasteiger partial charge on any atom is -0.402 e. The number of nitrogens with two attached hydrogens (primary N) is 1. The lowest BCUT2D eigenvalue weighted by atomic mass is 10.1. The summed E-state index contributed by atoms with van der Waals surface area (Å²) in [4.78, 5) is 0. The average Bonchev–Trinajstić information content (AvgIpc) is 1.87. The van der Waals surface area contributed by atoms with Crippen LogP contribution >= 0.6 is 0 Å². The van der Waals surface area contributed by atoms with E-state index in [-0.39, 0.29) is 0 Å². The lowest BCUT2D eigenvalue weighted by Gasteiger charge is -2.07. The molecule has 0 aromatic heterocycles. The molecule has 0 spiro atoms. The van der Waals surface area contributed by atoms with Crippen molar-refractivity contribution in [3.63, 3.8) is 0 Å². The zero-order valence-electron chi connectivity index (χ0n) is 6.65. The van der Waals surface area contributed by atoms with Gasteiger partial charge in [-0.25, -0.2) is 0 Å². The molecule has 0 rings (SSSR count). The first-order chi connectivity index (χ1) is 4.22. The quantitative estimate of drug-likeness (QED) is 0.618. The second-order valence-corrected chi connectivity index (χ2v) is 2.42. The summed E-state index contributed by atoms with van der Waals surface area (Å²) >= 11 is 0. The Bertz CT molecular complexity index is 94.7. The minimum atomic E-state index is 0.560. The maximum atomic E-state index is 5.70. The van der Waals surface area contributed by atoms with Gasteiger partial charge in [-0.15, -0.1) is 0 Å². The van der Waals surface area contributed by atoms with E-state index < -0.39 is 0 Å². The fourth-order valence-electron chi connectivity index (χ4n) is 0.673. The second kappa shape index (κ2) is 4.42. The molecule has 0 saturated carbocycles. The molecule has 0 bridgehead atoms. The molecule has 9 heavy (non-hydrogen) atoms. The third-order valence-electron chi connectivity index (χ3n) is 1.62. The Labute approximate surface area is 57.9 Å². The topological polar surface area (TPSA) is 26.0 Å². The van der Waals surface area contributed by atoms with Crippen LogP contribution < -0.4 is 5.73 Å². The molecule has 0 amide bonds. The average molecular weight is 127 g/mol. The van der Waals surface area contributed by atoms with Crippen LogP contribution in [0.2, 0.25) is 0 Å². The van der Waals surface area contributed by atoms with Gasteiger partial charge in [-0.05, 0) is 18.8 Å². The first kappa shape index (κ1) is 8.54. The van der Waals surface area contributed by atoms with Crippen LogP contribution in [0.5, 0.6) is 0 Å². The molecule has 2 N–H and O–H groups in total. The summed E-state index contributed by atoms with van der Waals surface area (Å²) in [5, 5.41) is 0. The number of hydrogen-bond acceptors (Lipinski definition) is 1. The first-order valence-electron chi connectivity index (χ1n) is 3.67. The van der Waals surface area contributed by atoms with E-state index in [0.717, 1.165) is 18.5 Å². The van der Waals surface area contributed by atoms with Gasteiger partial charge in [0.2, 0.25) is 0 Å². The van der Waals surface area contributed by atoms with Gasteiger partial charge in [0.1, 0.15) is 0 Å². The van der Waals surface area contributed by atoms with E-state index >= 15 is 0 Å². The van der Waals surface area contributed by atoms with E-state index in [9.17, 15) is 0 Å². The molecular weight excluding hydrogens is 110 g/mol. The summed E-state index contributed by atoms with van der Waals surface area (Å²) in [7, 11) is 0. The molecule has 0 aromatic carbocycles. The van der Waals surface area contributed by atoms with Crippen molar-refractivity contribution in [1.82, 2.24) is 0 Å². The van der Waals surface area contributed by atoms with Crippen molar-refractivity contribution < 1.29 is 0 Å². The molecule has 0 radical (unpaired) electrons. The molecular formula is C8H17N. The van der Waals surface area contributed by atoms with Crippen molar-refractivity contribution in [2.24, 2.45) is 11.7 Å². The molecule has 0 aliphatic rings. The van der Waals surface area contributed by atoms with Crippen LogP contribution in [0.3, 0.4) is 0 Å². The summed E-state index contributed by atoms with van der Waals surface area (Å²) in [6.45, 7) is 6.41. The first-order valence-corrected chi connectivity index (χ1v) is 3.67. The highest BCUT2D eigenvalue weighted by Crippen LogP contribution is 2.08. The Kier molecular flexibility index (Phi) is 4.20. The van der Waals surface area contributed by atoms with Gasteiger partial charge in [0.05, 0.1) is 0 Å². The third-order valence-corrected chi connectivity index (χ3v) is 1.62. The molecule has 0 aliphatic carbocycles. The summed E-state index contributed by atoms with van der Waals surface area (Å²) < 4.78 is 0. The summed E-state index contributed by atoms with van der Waals surface area (Å²) in [5.41, 5.74) is 6.74. The van der Waals surface area contributed by atoms with Crippen molar-refractivity contribution in [2.75, 3.05) is 0 Å². The Morgan fingerprint density at radius 1 is 1.56 bits per heavy atom. The third kappa shape index (κ3) is 3.17. The molecule has 0 heterocycles. The van der Waals surface area contributed by atoms with Gasteiger partial charge in [-0.1, -0.05) is 26.8 Å².